The first kappa shape index (κ1) is 17.6. The third kappa shape index (κ3) is 3.75. The number of allylic oxidation sites excluding steroid dienone is 4. The minimum Gasteiger partial charge on any atom is -0.508 e. The second-order valence-electron chi connectivity index (χ2n) is 5.25. The van der Waals surface area contributed by atoms with Crippen LogP contribution in [0.15, 0.2) is 47.8 Å². The molecule has 1 aromatic carbocycles. The van der Waals surface area contributed by atoms with Gasteiger partial charge in [-0.05, 0) is 50.3 Å². The lowest BCUT2D eigenvalue weighted by Gasteiger charge is -2.10. The van der Waals surface area contributed by atoms with Gasteiger partial charge in [-0.25, -0.2) is 4.98 Å². The molecule has 2 rings (SSSR count). The molecule has 0 bridgehead atoms. The van der Waals surface area contributed by atoms with E-state index in [-0.39, 0.29) is 17.1 Å². The van der Waals surface area contributed by atoms with Gasteiger partial charge in [0.25, 0.3) is 5.91 Å². The second-order valence-corrected chi connectivity index (χ2v) is 5.69. The van der Waals surface area contributed by atoms with Gasteiger partial charge in [0.05, 0.1) is 11.2 Å². The van der Waals surface area contributed by atoms with Gasteiger partial charge >= 0.3 is 0 Å². The minimum atomic E-state index is -0.696. The number of nitrogens with zero attached hydrogens (tertiary/aromatic N) is 1. The van der Waals surface area contributed by atoms with Crippen molar-refractivity contribution >= 4 is 40.2 Å². The van der Waals surface area contributed by atoms with E-state index in [1.807, 2.05) is 6.92 Å². The van der Waals surface area contributed by atoms with Crippen molar-refractivity contribution in [3.05, 3.63) is 64.0 Å². The Kier molecular flexibility index (Phi) is 5.26. The fourth-order valence-electron chi connectivity index (χ4n) is 2.21. The maximum absolute atomic E-state index is 11.6. The highest BCUT2D eigenvalue weighted by atomic mass is 35.5. The molecule has 0 aliphatic heterocycles. The molecule has 1 aromatic heterocycles. The molecular weight excluding hydrogens is 326 g/mol. The quantitative estimate of drug-likeness (QED) is 0.576. The molecule has 0 aliphatic rings. The van der Waals surface area contributed by atoms with Gasteiger partial charge in [0.1, 0.15) is 5.76 Å². The summed E-state index contributed by atoms with van der Waals surface area (Å²) in [6, 6.07) is 5.12. The molecule has 1 amide bonds. The van der Waals surface area contributed by atoms with E-state index in [4.69, 9.17) is 23.1 Å². The molecule has 124 valence electrons. The molecule has 0 unspecified atom stereocenters. The topological polar surface area (TPSA) is 102 Å². The number of anilines is 1. The summed E-state index contributed by atoms with van der Waals surface area (Å²) in [5.74, 6) is -0.546. The number of benzene rings is 1. The predicted octanol–water partition coefficient (Wildman–Crippen LogP) is 3.99. The molecule has 0 saturated heterocycles. The highest BCUT2D eigenvalue weighted by Gasteiger charge is 2.15. The lowest BCUT2D eigenvalue weighted by Crippen LogP contribution is -2.16. The van der Waals surface area contributed by atoms with Gasteiger partial charge in [-0.15, -0.1) is 0 Å². The first-order valence-corrected chi connectivity index (χ1v) is 7.61. The number of fused-ring (bicyclic) bond motifs is 1. The lowest BCUT2D eigenvalue weighted by molar-refractivity contribution is 0.0997. The number of aromatic nitrogens is 1. The number of pyridine rings is 1. The number of nitrogens with two attached hydrogens (primary N) is 2. The number of carbonyl (C=O) groups excluding carboxylic acids is 1. The van der Waals surface area contributed by atoms with Crippen molar-refractivity contribution in [2.45, 2.75) is 13.8 Å². The summed E-state index contributed by atoms with van der Waals surface area (Å²) in [5, 5.41) is 10.7. The molecule has 2 aromatic rings. The van der Waals surface area contributed by atoms with Crippen LogP contribution in [-0.4, -0.2) is 16.0 Å². The number of amides is 1. The Bertz CT molecular complexity index is 899. The van der Waals surface area contributed by atoms with Crippen LogP contribution in [0.3, 0.4) is 0 Å². The summed E-state index contributed by atoms with van der Waals surface area (Å²) in [6.45, 7) is 3.58. The van der Waals surface area contributed by atoms with Crippen LogP contribution in [0.25, 0.3) is 17.0 Å². The van der Waals surface area contributed by atoms with Gasteiger partial charge in [-0.1, -0.05) is 23.3 Å². The van der Waals surface area contributed by atoms with E-state index in [1.165, 1.54) is 0 Å². The smallest absolute Gasteiger partial charge is 0.269 e. The molecule has 0 fully saturated rings. The normalized spacial score (nSPS) is 13.0. The molecule has 6 heteroatoms. The summed E-state index contributed by atoms with van der Waals surface area (Å²) < 4.78 is 0. The Hall–Kier alpha value is -2.79. The van der Waals surface area contributed by atoms with Crippen molar-refractivity contribution in [1.82, 2.24) is 4.98 Å². The number of carbonyl (C=O) groups is 1. The van der Waals surface area contributed by atoms with Crippen LogP contribution >= 0.6 is 11.6 Å². The number of nitrogen functional groups attached to an aromatic ring is 1. The number of hydrogen-bond donors (Lipinski definition) is 3. The van der Waals surface area contributed by atoms with Crippen molar-refractivity contribution < 1.29 is 9.90 Å². The van der Waals surface area contributed by atoms with E-state index in [9.17, 15) is 9.90 Å². The van der Waals surface area contributed by atoms with E-state index in [0.29, 0.717) is 21.5 Å². The number of hydrogen-bond acceptors (Lipinski definition) is 4. The summed E-state index contributed by atoms with van der Waals surface area (Å²) in [5.41, 5.74) is 13.7. The molecular formula is C18H18ClN3O2. The average molecular weight is 344 g/mol. The maximum Gasteiger partial charge on any atom is 0.269 e. The van der Waals surface area contributed by atoms with Crippen molar-refractivity contribution in [1.29, 1.82) is 0 Å². The first-order chi connectivity index (χ1) is 11.3. The summed E-state index contributed by atoms with van der Waals surface area (Å²) in [6.07, 6.45) is 6.66. The monoisotopic (exact) mass is 343 g/mol. The SMILES string of the molecule is C/C=C(O)/C=C\C(C)=C\c1c(N)c(C(N)=O)nc2ccc(Cl)cc12. The van der Waals surface area contributed by atoms with Crippen molar-refractivity contribution in [2.24, 2.45) is 5.73 Å². The molecule has 24 heavy (non-hydrogen) atoms. The number of aliphatic hydroxyl groups is 1. The maximum atomic E-state index is 11.6. The highest BCUT2D eigenvalue weighted by molar-refractivity contribution is 6.31. The molecule has 0 atom stereocenters. The predicted molar refractivity (Wildman–Crippen MR) is 98.9 cm³/mol. The zero-order valence-corrected chi connectivity index (χ0v) is 14.1. The van der Waals surface area contributed by atoms with Crippen molar-refractivity contribution in [3.8, 4) is 0 Å². The van der Waals surface area contributed by atoms with Crippen LogP contribution in [0, 0.1) is 0 Å². The van der Waals surface area contributed by atoms with Crippen LogP contribution in [0.1, 0.15) is 29.9 Å². The molecule has 0 saturated carbocycles. The third-order valence-corrected chi connectivity index (χ3v) is 3.68. The molecule has 5 nitrogen and oxygen atoms in total. The Morgan fingerprint density at radius 1 is 1.33 bits per heavy atom. The zero-order valence-electron chi connectivity index (χ0n) is 13.4. The molecule has 0 spiro atoms. The molecule has 5 N–H and O–H groups in total. The Labute approximate surface area is 144 Å². The fourth-order valence-corrected chi connectivity index (χ4v) is 2.38. The van der Waals surface area contributed by atoms with Crippen LogP contribution < -0.4 is 11.5 Å². The van der Waals surface area contributed by atoms with Gasteiger partial charge < -0.3 is 16.6 Å². The largest absolute Gasteiger partial charge is 0.508 e. The fraction of sp³-hybridized carbons (Fsp3) is 0.111. The van der Waals surface area contributed by atoms with Gasteiger partial charge in [0.2, 0.25) is 0 Å². The Morgan fingerprint density at radius 3 is 2.67 bits per heavy atom. The van der Waals surface area contributed by atoms with E-state index in [0.717, 1.165) is 5.57 Å². The third-order valence-electron chi connectivity index (χ3n) is 3.44. The van der Waals surface area contributed by atoms with Gasteiger partial charge in [-0.2, -0.15) is 0 Å². The van der Waals surface area contributed by atoms with Gasteiger partial charge in [0.15, 0.2) is 5.69 Å². The van der Waals surface area contributed by atoms with Crippen molar-refractivity contribution in [3.63, 3.8) is 0 Å². The number of aliphatic hydroxyl groups excluding tert-OH is 1. The van der Waals surface area contributed by atoms with Crippen molar-refractivity contribution in [2.75, 3.05) is 5.73 Å². The second kappa shape index (κ2) is 7.19. The number of rotatable bonds is 4. The zero-order chi connectivity index (χ0) is 17.9. The van der Waals surface area contributed by atoms with E-state index < -0.39 is 5.91 Å². The summed E-state index contributed by atoms with van der Waals surface area (Å²) in [7, 11) is 0. The van der Waals surface area contributed by atoms with Gasteiger partial charge in [-0.3, -0.25) is 4.79 Å². The van der Waals surface area contributed by atoms with E-state index in [2.05, 4.69) is 4.98 Å². The average Bonchev–Trinajstić information content (AvgIpc) is 2.54. The van der Waals surface area contributed by atoms with Gasteiger partial charge in [0, 0.05) is 16.0 Å². The number of primary amides is 1. The highest BCUT2D eigenvalue weighted by Crippen LogP contribution is 2.30. The molecule has 0 radical (unpaired) electrons. The van der Waals surface area contributed by atoms with E-state index in [1.54, 1.807) is 49.4 Å². The Morgan fingerprint density at radius 2 is 2.04 bits per heavy atom. The minimum absolute atomic E-state index is 0.0177. The van der Waals surface area contributed by atoms with E-state index >= 15 is 0 Å². The molecule has 0 aliphatic carbocycles. The van der Waals surface area contributed by atoms with Crippen LogP contribution in [0.4, 0.5) is 5.69 Å². The lowest BCUT2D eigenvalue weighted by atomic mass is 10.0. The van der Waals surface area contributed by atoms with Crippen LogP contribution in [0.5, 0.6) is 0 Å². The van der Waals surface area contributed by atoms with Crippen LogP contribution in [0.2, 0.25) is 5.02 Å². The summed E-state index contributed by atoms with van der Waals surface area (Å²) in [4.78, 5) is 15.8. The standard InChI is InChI=1S/C18H18ClN3O2/c1-3-12(23)6-4-10(2)8-14-13-9-11(19)5-7-15(13)22-17(16(14)20)18(21)24/h3-9,23H,20H2,1-2H3,(H2,21,24)/b6-4-,10-8+,12-3-. The number of halogens is 1. The molecule has 1 heterocycles. The first-order valence-electron chi connectivity index (χ1n) is 7.23. The van der Waals surface area contributed by atoms with Crippen LogP contribution in [-0.2, 0) is 0 Å². The Balaban J connectivity index is 2.70. The summed E-state index contributed by atoms with van der Waals surface area (Å²) >= 11 is 6.07.